The number of benzene rings is 2. The maximum atomic E-state index is 10.6. The van der Waals surface area contributed by atoms with Crippen molar-refractivity contribution in [1.29, 1.82) is 0 Å². The summed E-state index contributed by atoms with van der Waals surface area (Å²) in [4.78, 5) is 20.9. The van der Waals surface area contributed by atoms with Gasteiger partial charge in [0.1, 0.15) is 24.3 Å². The molecule has 0 radical (unpaired) electrons. The Morgan fingerprint density at radius 2 is 1.52 bits per heavy atom. The number of rotatable bonds is 9. The van der Waals surface area contributed by atoms with E-state index in [0.29, 0.717) is 24.7 Å². The Labute approximate surface area is 173 Å². The molecule has 0 bridgehead atoms. The third-order valence-electron chi connectivity index (χ3n) is 3.53. The second-order valence-corrected chi connectivity index (χ2v) is 5.57. The number of carboxylic acids is 1. The second-order valence-electron chi connectivity index (χ2n) is 5.57. The molecule has 0 spiro atoms. The molecule has 29 heavy (non-hydrogen) atoms. The Hall–Kier alpha value is -3.02. The van der Waals surface area contributed by atoms with E-state index in [4.69, 9.17) is 14.6 Å². The van der Waals surface area contributed by atoms with Crippen LogP contribution in [0.4, 0.5) is 5.69 Å². The average Bonchev–Trinajstić information content (AvgIpc) is 2.75. The summed E-state index contributed by atoms with van der Waals surface area (Å²) in [5.41, 5.74) is 1.66. The molecule has 0 aromatic heterocycles. The molecule has 2 rings (SSSR count). The molecule has 0 saturated carbocycles. The van der Waals surface area contributed by atoms with Gasteiger partial charge in [0.15, 0.2) is 0 Å². The lowest BCUT2D eigenvalue weighted by Crippen LogP contribution is -2.13. The molecule has 2 aromatic carbocycles. The number of carbonyl (C=O) groups is 2. The average molecular weight is 404 g/mol. The van der Waals surface area contributed by atoms with Gasteiger partial charge in [0.25, 0.3) is 0 Å². The molecule has 0 heterocycles. The van der Waals surface area contributed by atoms with Crippen LogP contribution < -0.4 is 14.8 Å². The van der Waals surface area contributed by atoms with Crippen LogP contribution in [-0.2, 0) is 9.59 Å². The van der Waals surface area contributed by atoms with Gasteiger partial charge in [0.05, 0.1) is 18.9 Å². The molecule has 1 unspecified atom stereocenters. The van der Waals surface area contributed by atoms with Gasteiger partial charge in [-0.15, -0.1) is 0 Å². The summed E-state index contributed by atoms with van der Waals surface area (Å²) >= 11 is 0. The highest BCUT2D eigenvalue weighted by atomic mass is 16.5. The third kappa shape index (κ3) is 10.2. The predicted octanol–water partition coefficient (Wildman–Crippen LogP) is 5.00. The molecule has 2 N–H and O–H groups in total. The van der Waals surface area contributed by atoms with E-state index >= 15 is 0 Å². The van der Waals surface area contributed by atoms with Gasteiger partial charge < -0.3 is 24.7 Å². The number of carbonyl (C=O) groups excluding carboxylic acids is 1. The third-order valence-corrected chi connectivity index (χ3v) is 3.53. The number of carboxylic acid groups (broad SMARTS) is 1. The molecule has 0 saturated heterocycles. The fourth-order valence-electron chi connectivity index (χ4n) is 2.28. The highest BCUT2D eigenvalue weighted by molar-refractivity contribution is 5.73. The summed E-state index contributed by atoms with van der Waals surface area (Å²) in [6, 6.07) is 14.9. The number of aliphatic carboxylic acids is 1. The molecule has 6 heteroatoms. The van der Waals surface area contributed by atoms with E-state index in [1.165, 1.54) is 0 Å². The fraction of sp³-hybridized carbons (Fsp3) is 0.391. The first-order chi connectivity index (χ1) is 14.0. The van der Waals surface area contributed by atoms with Gasteiger partial charge in [-0.05, 0) is 32.0 Å². The second kappa shape index (κ2) is 16.0. The van der Waals surface area contributed by atoms with Gasteiger partial charge in [-0.25, -0.2) is 0 Å². The van der Waals surface area contributed by atoms with Crippen molar-refractivity contribution >= 4 is 17.9 Å². The van der Waals surface area contributed by atoms with E-state index in [2.05, 4.69) is 5.32 Å². The van der Waals surface area contributed by atoms with Crippen LogP contribution in [0.15, 0.2) is 48.5 Å². The number of para-hydroxylation sites is 3. The SMILES string of the molecule is CC.CCOc1ccccc1C(C)C=O.CCOc1ccccc1NCC(=O)O. The van der Waals surface area contributed by atoms with Gasteiger partial charge in [-0.1, -0.05) is 51.1 Å². The van der Waals surface area contributed by atoms with E-state index < -0.39 is 5.97 Å². The molecule has 1 atom stereocenters. The molecule has 0 fully saturated rings. The summed E-state index contributed by atoms with van der Waals surface area (Å²) in [5, 5.41) is 11.3. The highest BCUT2D eigenvalue weighted by Crippen LogP contribution is 2.25. The smallest absolute Gasteiger partial charge is 0.322 e. The Kier molecular flexibility index (Phi) is 14.3. The number of aldehydes is 1. The number of hydrogen-bond donors (Lipinski definition) is 2. The molecular formula is C23H33NO5. The first-order valence-electron chi connectivity index (χ1n) is 9.87. The minimum atomic E-state index is -0.892. The summed E-state index contributed by atoms with van der Waals surface area (Å²) in [6.07, 6.45) is 0.928. The normalized spacial score (nSPS) is 10.2. The summed E-state index contributed by atoms with van der Waals surface area (Å²) in [7, 11) is 0. The maximum Gasteiger partial charge on any atom is 0.322 e. The Morgan fingerprint density at radius 1 is 1.00 bits per heavy atom. The zero-order valence-electron chi connectivity index (χ0n) is 18.0. The highest BCUT2D eigenvalue weighted by Gasteiger charge is 2.09. The van der Waals surface area contributed by atoms with E-state index in [1.807, 2.05) is 71.0 Å². The predicted molar refractivity (Wildman–Crippen MR) is 117 cm³/mol. The van der Waals surface area contributed by atoms with Crippen LogP contribution in [0.1, 0.15) is 46.1 Å². The zero-order chi connectivity index (χ0) is 22.1. The van der Waals surface area contributed by atoms with Gasteiger partial charge in [0.2, 0.25) is 0 Å². The minimum absolute atomic E-state index is 0.0947. The van der Waals surface area contributed by atoms with Crippen molar-refractivity contribution in [3.63, 3.8) is 0 Å². The maximum absolute atomic E-state index is 10.6. The van der Waals surface area contributed by atoms with Crippen molar-refractivity contribution in [2.24, 2.45) is 0 Å². The minimum Gasteiger partial charge on any atom is -0.494 e. The van der Waals surface area contributed by atoms with E-state index in [-0.39, 0.29) is 12.5 Å². The topological polar surface area (TPSA) is 84.9 Å². The quantitative estimate of drug-likeness (QED) is 0.574. The number of hydrogen-bond acceptors (Lipinski definition) is 5. The van der Waals surface area contributed by atoms with Crippen molar-refractivity contribution in [1.82, 2.24) is 0 Å². The van der Waals surface area contributed by atoms with Crippen molar-refractivity contribution in [2.75, 3.05) is 25.1 Å². The molecule has 0 aliphatic heterocycles. The number of anilines is 1. The molecular weight excluding hydrogens is 370 g/mol. The number of nitrogens with one attached hydrogen (secondary N) is 1. The fourth-order valence-corrected chi connectivity index (χ4v) is 2.28. The van der Waals surface area contributed by atoms with Gasteiger partial charge in [0, 0.05) is 11.5 Å². The van der Waals surface area contributed by atoms with Gasteiger partial charge in [-0.3, -0.25) is 4.79 Å². The standard InChI is InChI=1S/C11H14O2.C10H13NO3.C2H6/c1-3-13-11-7-5-4-6-10(11)9(2)8-12;1-2-14-9-6-4-3-5-8(9)11-7-10(12)13;1-2/h4-9H,3H2,1-2H3;3-6,11H,2,7H2,1H3,(H,12,13);1-2H3. The zero-order valence-corrected chi connectivity index (χ0v) is 18.0. The van der Waals surface area contributed by atoms with Crippen LogP contribution >= 0.6 is 0 Å². The first kappa shape index (κ1) is 26.0. The van der Waals surface area contributed by atoms with Crippen molar-refractivity contribution in [3.05, 3.63) is 54.1 Å². The van der Waals surface area contributed by atoms with Gasteiger partial charge >= 0.3 is 5.97 Å². The monoisotopic (exact) mass is 403 g/mol. The lowest BCUT2D eigenvalue weighted by Gasteiger charge is -2.11. The van der Waals surface area contributed by atoms with E-state index in [9.17, 15) is 9.59 Å². The largest absolute Gasteiger partial charge is 0.494 e. The molecule has 0 aliphatic carbocycles. The molecule has 6 nitrogen and oxygen atoms in total. The summed E-state index contributed by atoms with van der Waals surface area (Å²) in [6.45, 7) is 10.8. The first-order valence-corrected chi connectivity index (χ1v) is 9.87. The molecule has 2 aromatic rings. The van der Waals surface area contributed by atoms with Crippen LogP contribution in [0.2, 0.25) is 0 Å². The Bertz CT molecular complexity index is 718. The summed E-state index contributed by atoms with van der Waals surface area (Å²) in [5.74, 6) is 0.500. The lowest BCUT2D eigenvalue weighted by molar-refractivity contribution is -0.134. The van der Waals surface area contributed by atoms with Crippen LogP contribution in [-0.4, -0.2) is 37.1 Å². The van der Waals surface area contributed by atoms with E-state index in [1.54, 1.807) is 12.1 Å². The van der Waals surface area contributed by atoms with Gasteiger partial charge in [-0.2, -0.15) is 0 Å². The molecule has 160 valence electrons. The van der Waals surface area contributed by atoms with Crippen LogP contribution in [0.5, 0.6) is 11.5 Å². The number of ether oxygens (including phenoxy) is 2. The molecule has 0 amide bonds. The van der Waals surface area contributed by atoms with Crippen molar-refractivity contribution < 1.29 is 24.2 Å². The Morgan fingerprint density at radius 3 is 2.07 bits per heavy atom. The van der Waals surface area contributed by atoms with Crippen LogP contribution in [0.25, 0.3) is 0 Å². The van der Waals surface area contributed by atoms with Crippen molar-refractivity contribution in [2.45, 2.75) is 40.5 Å². The van der Waals surface area contributed by atoms with Crippen molar-refractivity contribution in [3.8, 4) is 11.5 Å². The lowest BCUT2D eigenvalue weighted by atomic mass is 10.0. The van der Waals surface area contributed by atoms with Crippen LogP contribution in [0, 0.1) is 0 Å². The molecule has 0 aliphatic rings. The summed E-state index contributed by atoms with van der Waals surface area (Å²) < 4.78 is 10.7. The Balaban J connectivity index is 0.000000499. The van der Waals surface area contributed by atoms with Crippen LogP contribution in [0.3, 0.4) is 0 Å². The van der Waals surface area contributed by atoms with E-state index in [0.717, 1.165) is 17.6 Å².